The summed E-state index contributed by atoms with van der Waals surface area (Å²) in [5.41, 5.74) is 0.900. The van der Waals surface area contributed by atoms with Gasteiger partial charge in [-0.3, -0.25) is 9.48 Å². The lowest BCUT2D eigenvalue weighted by Crippen LogP contribution is -2.39. The van der Waals surface area contributed by atoms with Crippen molar-refractivity contribution < 1.29 is 9.53 Å². The summed E-state index contributed by atoms with van der Waals surface area (Å²) in [6.07, 6.45) is 4.70. The van der Waals surface area contributed by atoms with E-state index in [1.807, 2.05) is 18.1 Å². The number of hydrogen-bond donors (Lipinski definition) is 1. The van der Waals surface area contributed by atoms with Crippen molar-refractivity contribution in [3.63, 3.8) is 0 Å². The van der Waals surface area contributed by atoms with Gasteiger partial charge in [0, 0.05) is 38.5 Å². The van der Waals surface area contributed by atoms with Crippen LogP contribution in [0.3, 0.4) is 0 Å². The minimum Gasteiger partial charge on any atom is -0.376 e. The normalized spacial score (nSPS) is 20.2. The number of likely N-dealkylation sites (tertiary alicyclic amines) is 1. The Hall–Kier alpha value is -1.40. The first-order chi connectivity index (χ1) is 10.0. The van der Waals surface area contributed by atoms with Gasteiger partial charge in [0.05, 0.1) is 12.3 Å². The second-order valence-corrected chi connectivity index (χ2v) is 6.09. The third-order valence-corrected chi connectivity index (χ3v) is 3.72. The van der Waals surface area contributed by atoms with E-state index in [0.29, 0.717) is 12.5 Å². The fraction of sp³-hybridized carbons (Fsp3) is 0.733. The summed E-state index contributed by atoms with van der Waals surface area (Å²) < 4.78 is 7.55. The summed E-state index contributed by atoms with van der Waals surface area (Å²) >= 11 is 0. The van der Waals surface area contributed by atoms with Gasteiger partial charge in [0.2, 0.25) is 5.91 Å². The SMILES string of the molecule is CNC(C(=O)N1CCC(OCC(C)C)C1)c1cnn(C)c1. The van der Waals surface area contributed by atoms with Crippen LogP contribution in [-0.2, 0) is 16.6 Å². The number of carbonyl (C=O) groups excluding carboxylic acids is 1. The minimum absolute atomic E-state index is 0.0983. The molecule has 2 atom stereocenters. The summed E-state index contributed by atoms with van der Waals surface area (Å²) in [7, 11) is 3.66. The number of amides is 1. The van der Waals surface area contributed by atoms with Crippen LogP contribution in [0.5, 0.6) is 0 Å². The molecule has 2 rings (SSSR count). The molecule has 0 bridgehead atoms. The van der Waals surface area contributed by atoms with E-state index in [2.05, 4.69) is 24.3 Å². The maximum Gasteiger partial charge on any atom is 0.244 e. The Bertz CT molecular complexity index is 472. The second kappa shape index (κ2) is 7.04. The van der Waals surface area contributed by atoms with Crippen LogP contribution in [-0.4, -0.2) is 53.4 Å². The number of nitrogens with one attached hydrogen (secondary N) is 1. The second-order valence-electron chi connectivity index (χ2n) is 6.09. The van der Waals surface area contributed by atoms with Crippen molar-refractivity contribution in [1.82, 2.24) is 20.0 Å². The van der Waals surface area contributed by atoms with Crippen molar-refractivity contribution in [3.05, 3.63) is 18.0 Å². The third kappa shape index (κ3) is 4.04. The maximum atomic E-state index is 12.6. The zero-order valence-electron chi connectivity index (χ0n) is 13.4. The van der Waals surface area contributed by atoms with Gasteiger partial charge in [0.25, 0.3) is 0 Å². The molecule has 1 aromatic rings. The summed E-state index contributed by atoms with van der Waals surface area (Å²) in [4.78, 5) is 14.5. The van der Waals surface area contributed by atoms with E-state index in [-0.39, 0.29) is 18.1 Å². The van der Waals surface area contributed by atoms with Crippen LogP contribution in [0.4, 0.5) is 0 Å². The predicted octanol–water partition coefficient (Wildman–Crippen LogP) is 0.954. The highest BCUT2D eigenvalue weighted by atomic mass is 16.5. The van der Waals surface area contributed by atoms with Gasteiger partial charge in [0.1, 0.15) is 6.04 Å². The average molecular weight is 294 g/mol. The fourth-order valence-corrected chi connectivity index (χ4v) is 2.60. The Morgan fingerprint density at radius 2 is 2.33 bits per heavy atom. The monoisotopic (exact) mass is 294 g/mol. The summed E-state index contributed by atoms with van der Waals surface area (Å²) in [5.74, 6) is 0.622. The van der Waals surface area contributed by atoms with Crippen molar-refractivity contribution in [2.75, 3.05) is 26.7 Å². The van der Waals surface area contributed by atoms with E-state index in [1.54, 1.807) is 17.9 Å². The third-order valence-electron chi connectivity index (χ3n) is 3.72. The van der Waals surface area contributed by atoms with Gasteiger partial charge < -0.3 is 15.0 Å². The molecule has 1 aromatic heterocycles. The van der Waals surface area contributed by atoms with Gasteiger partial charge in [-0.15, -0.1) is 0 Å². The molecule has 1 amide bonds. The molecular weight excluding hydrogens is 268 g/mol. The Morgan fingerprint density at radius 3 is 2.90 bits per heavy atom. The van der Waals surface area contributed by atoms with Gasteiger partial charge in [-0.1, -0.05) is 13.8 Å². The first kappa shape index (κ1) is 16.0. The van der Waals surface area contributed by atoms with E-state index in [0.717, 1.165) is 25.1 Å². The molecule has 6 heteroatoms. The Labute approximate surface area is 126 Å². The molecule has 2 heterocycles. The molecular formula is C15H26N4O2. The molecule has 2 unspecified atom stereocenters. The molecule has 1 fully saturated rings. The van der Waals surface area contributed by atoms with Crippen LogP contribution in [0, 0.1) is 5.92 Å². The number of likely N-dealkylation sites (N-methyl/N-ethyl adjacent to an activating group) is 1. The standard InChI is InChI=1S/C15H26N4O2/c1-11(2)10-21-13-5-6-19(9-13)15(20)14(16-3)12-7-17-18(4)8-12/h7-8,11,13-14,16H,5-6,9-10H2,1-4H3. The van der Waals surface area contributed by atoms with Crippen molar-refractivity contribution in [3.8, 4) is 0 Å². The van der Waals surface area contributed by atoms with Gasteiger partial charge in [0.15, 0.2) is 0 Å². The minimum atomic E-state index is -0.331. The number of carbonyl (C=O) groups is 1. The molecule has 118 valence electrons. The molecule has 0 saturated carbocycles. The van der Waals surface area contributed by atoms with Gasteiger partial charge in [-0.2, -0.15) is 5.10 Å². The van der Waals surface area contributed by atoms with Gasteiger partial charge in [-0.05, 0) is 19.4 Å². The van der Waals surface area contributed by atoms with Crippen LogP contribution >= 0.6 is 0 Å². The molecule has 21 heavy (non-hydrogen) atoms. The van der Waals surface area contributed by atoms with Crippen molar-refractivity contribution in [2.24, 2.45) is 13.0 Å². The lowest BCUT2D eigenvalue weighted by molar-refractivity contribution is -0.133. The van der Waals surface area contributed by atoms with Gasteiger partial charge in [-0.25, -0.2) is 0 Å². The maximum absolute atomic E-state index is 12.6. The van der Waals surface area contributed by atoms with Crippen molar-refractivity contribution in [2.45, 2.75) is 32.4 Å². The van der Waals surface area contributed by atoms with Crippen molar-refractivity contribution in [1.29, 1.82) is 0 Å². The average Bonchev–Trinajstić information content (AvgIpc) is 3.06. The molecule has 0 spiro atoms. The molecule has 1 N–H and O–H groups in total. The van der Waals surface area contributed by atoms with E-state index < -0.39 is 0 Å². The number of hydrogen-bond acceptors (Lipinski definition) is 4. The van der Waals surface area contributed by atoms with E-state index in [4.69, 9.17) is 4.74 Å². The van der Waals surface area contributed by atoms with Crippen LogP contribution in [0.15, 0.2) is 12.4 Å². The lowest BCUT2D eigenvalue weighted by Gasteiger charge is -2.22. The topological polar surface area (TPSA) is 59.4 Å². The lowest BCUT2D eigenvalue weighted by atomic mass is 10.1. The summed E-state index contributed by atoms with van der Waals surface area (Å²) in [6.45, 7) is 6.48. The molecule has 1 aliphatic rings. The van der Waals surface area contributed by atoms with E-state index in [1.165, 1.54) is 0 Å². The van der Waals surface area contributed by atoms with Crippen LogP contribution < -0.4 is 5.32 Å². The Kier molecular flexibility index (Phi) is 5.36. The summed E-state index contributed by atoms with van der Waals surface area (Å²) in [6, 6.07) is -0.331. The number of rotatable bonds is 6. The van der Waals surface area contributed by atoms with E-state index in [9.17, 15) is 4.79 Å². The smallest absolute Gasteiger partial charge is 0.244 e. The first-order valence-corrected chi connectivity index (χ1v) is 7.57. The zero-order valence-corrected chi connectivity index (χ0v) is 13.4. The molecule has 1 saturated heterocycles. The number of ether oxygens (including phenoxy) is 1. The van der Waals surface area contributed by atoms with E-state index >= 15 is 0 Å². The van der Waals surface area contributed by atoms with Crippen LogP contribution in [0.1, 0.15) is 31.9 Å². The number of aryl methyl sites for hydroxylation is 1. The number of aromatic nitrogens is 2. The Morgan fingerprint density at radius 1 is 1.57 bits per heavy atom. The van der Waals surface area contributed by atoms with Gasteiger partial charge >= 0.3 is 0 Å². The zero-order chi connectivity index (χ0) is 15.4. The Balaban J connectivity index is 1.93. The summed E-state index contributed by atoms with van der Waals surface area (Å²) in [5, 5.41) is 7.23. The predicted molar refractivity (Wildman–Crippen MR) is 80.8 cm³/mol. The molecule has 0 aromatic carbocycles. The molecule has 6 nitrogen and oxygen atoms in total. The highest BCUT2D eigenvalue weighted by molar-refractivity contribution is 5.83. The largest absolute Gasteiger partial charge is 0.376 e. The van der Waals surface area contributed by atoms with Crippen LogP contribution in [0.2, 0.25) is 0 Å². The fourth-order valence-electron chi connectivity index (χ4n) is 2.60. The van der Waals surface area contributed by atoms with Crippen LogP contribution in [0.25, 0.3) is 0 Å². The molecule has 1 aliphatic heterocycles. The first-order valence-electron chi connectivity index (χ1n) is 7.57. The highest BCUT2D eigenvalue weighted by Gasteiger charge is 2.32. The highest BCUT2D eigenvalue weighted by Crippen LogP contribution is 2.20. The molecule has 0 radical (unpaired) electrons. The van der Waals surface area contributed by atoms with Crippen molar-refractivity contribution >= 4 is 5.91 Å². The quantitative estimate of drug-likeness (QED) is 0.849. The molecule has 0 aliphatic carbocycles. The number of nitrogens with zero attached hydrogens (tertiary/aromatic N) is 3.